The fourth-order valence-electron chi connectivity index (χ4n) is 1.70. The Morgan fingerprint density at radius 1 is 1.33 bits per heavy atom. The van der Waals surface area contributed by atoms with E-state index in [9.17, 15) is 13.2 Å². The maximum atomic E-state index is 12.4. The van der Waals surface area contributed by atoms with Crippen LogP contribution in [0.2, 0.25) is 0 Å². The quantitative estimate of drug-likeness (QED) is 0.887. The van der Waals surface area contributed by atoms with Gasteiger partial charge in [0.2, 0.25) is 0 Å². The normalized spacial score (nSPS) is 17.9. The van der Waals surface area contributed by atoms with E-state index in [2.05, 4.69) is 4.98 Å². The molecular formula is C12H13F3N2O. The van der Waals surface area contributed by atoms with Crippen LogP contribution in [-0.2, 0) is 10.9 Å². The number of halogens is 3. The monoisotopic (exact) mass is 258 g/mol. The van der Waals surface area contributed by atoms with E-state index in [0.29, 0.717) is 18.1 Å². The predicted octanol–water partition coefficient (Wildman–Crippen LogP) is 2.79. The van der Waals surface area contributed by atoms with Gasteiger partial charge in [-0.25, -0.2) is 0 Å². The second kappa shape index (κ2) is 4.97. The van der Waals surface area contributed by atoms with Crippen LogP contribution in [-0.4, -0.2) is 11.6 Å². The van der Waals surface area contributed by atoms with Gasteiger partial charge in [-0.15, -0.1) is 0 Å². The lowest BCUT2D eigenvalue weighted by Gasteiger charge is -2.20. The van der Waals surface area contributed by atoms with Crippen molar-refractivity contribution >= 4 is 0 Å². The Labute approximate surface area is 102 Å². The summed E-state index contributed by atoms with van der Waals surface area (Å²) >= 11 is 0. The Morgan fingerprint density at radius 2 is 2.11 bits per heavy atom. The highest BCUT2D eigenvalue weighted by Crippen LogP contribution is 2.29. The number of ether oxygens (including phenoxy) is 1. The van der Waals surface area contributed by atoms with Crippen molar-refractivity contribution in [1.29, 1.82) is 0 Å². The molecule has 1 aromatic rings. The number of nitrogens with two attached hydrogens (primary N) is 1. The lowest BCUT2D eigenvalue weighted by molar-refractivity contribution is -0.137. The van der Waals surface area contributed by atoms with Crippen molar-refractivity contribution in [2.45, 2.75) is 25.1 Å². The average molecular weight is 258 g/mol. The number of rotatable bonds is 2. The highest BCUT2D eigenvalue weighted by molar-refractivity contribution is 5.23. The number of nitrogens with zero attached hydrogens (tertiary/aromatic N) is 1. The average Bonchev–Trinajstić information content (AvgIpc) is 2.38. The summed E-state index contributed by atoms with van der Waals surface area (Å²) in [5.41, 5.74) is 5.48. The number of allylic oxidation sites excluding steroid dienone is 1. The van der Waals surface area contributed by atoms with E-state index in [0.717, 1.165) is 25.1 Å². The van der Waals surface area contributed by atoms with E-state index < -0.39 is 17.8 Å². The Hall–Kier alpha value is -1.56. The summed E-state index contributed by atoms with van der Waals surface area (Å²) in [6, 6.07) is 1.66. The minimum Gasteiger partial charge on any atom is -0.496 e. The highest BCUT2D eigenvalue weighted by atomic mass is 19.4. The molecule has 0 saturated carbocycles. The van der Waals surface area contributed by atoms with Crippen molar-refractivity contribution in [3.8, 4) is 0 Å². The van der Waals surface area contributed by atoms with Crippen LogP contribution in [0, 0.1) is 0 Å². The van der Waals surface area contributed by atoms with Gasteiger partial charge < -0.3 is 10.5 Å². The van der Waals surface area contributed by atoms with Crippen molar-refractivity contribution in [3.05, 3.63) is 41.4 Å². The first kappa shape index (κ1) is 12.9. The van der Waals surface area contributed by atoms with Gasteiger partial charge in [-0.3, -0.25) is 4.98 Å². The summed E-state index contributed by atoms with van der Waals surface area (Å²) in [6.45, 7) is 0.584. The van der Waals surface area contributed by atoms with Crippen LogP contribution >= 0.6 is 0 Å². The summed E-state index contributed by atoms with van der Waals surface area (Å²) in [5.74, 6) is 0.577. The summed E-state index contributed by atoms with van der Waals surface area (Å²) < 4.78 is 42.5. The Morgan fingerprint density at radius 3 is 2.61 bits per heavy atom. The van der Waals surface area contributed by atoms with E-state index in [-0.39, 0.29) is 0 Å². The minimum absolute atomic E-state index is 0.371. The van der Waals surface area contributed by atoms with Gasteiger partial charge in [0.1, 0.15) is 11.8 Å². The van der Waals surface area contributed by atoms with Crippen molar-refractivity contribution in [2.24, 2.45) is 5.73 Å². The van der Waals surface area contributed by atoms with Crippen LogP contribution in [0.3, 0.4) is 0 Å². The second-order valence-electron chi connectivity index (χ2n) is 4.04. The first-order chi connectivity index (χ1) is 8.48. The van der Waals surface area contributed by atoms with E-state index in [1.165, 1.54) is 6.07 Å². The molecule has 3 nitrogen and oxygen atoms in total. The summed E-state index contributed by atoms with van der Waals surface area (Å²) in [5, 5.41) is 0. The van der Waals surface area contributed by atoms with Crippen molar-refractivity contribution in [3.63, 3.8) is 0 Å². The fraction of sp³-hybridized carbons (Fsp3) is 0.417. The van der Waals surface area contributed by atoms with Crippen molar-refractivity contribution in [1.82, 2.24) is 4.98 Å². The number of alkyl halides is 3. The molecule has 0 amide bonds. The molecule has 1 aliphatic heterocycles. The lowest BCUT2D eigenvalue weighted by atomic mass is 10.1. The molecule has 6 heteroatoms. The third-order valence-corrected chi connectivity index (χ3v) is 2.70. The van der Waals surface area contributed by atoms with Gasteiger partial charge in [0.15, 0.2) is 0 Å². The molecule has 0 aliphatic carbocycles. The maximum Gasteiger partial charge on any atom is 0.417 e. The third-order valence-electron chi connectivity index (χ3n) is 2.70. The molecule has 98 valence electrons. The first-order valence-electron chi connectivity index (χ1n) is 5.60. The van der Waals surface area contributed by atoms with Crippen LogP contribution in [0.4, 0.5) is 13.2 Å². The molecule has 2 N–H and O–H groups in total. The van der Waals surface area contributed by atoms with Crippen LogP contribution in [0.15, 0.2) is 30.2 Å². The van der Waals surface area contributed by atoms with E-state index in [4.69, 9.17) is 10.5 Å². The van der Waals surface area contributed by atoms with Crippen molar-refractivity contribution < 1.29 is 17.9 Å². The van der Waals surface area contributed by atoms with E-state index >= 15 is 0 Å². The maximum absolute atomic E-state index is 12.4. The first-order valence-corrected chi connectivity index (χ1v) is 5.60. The Balaban J connectivity index is 2.16. The molecule has 0 spiro atoms. The molecule has 2 heterocycles. The lowest BCUT2D eigenvalue weighted by Crippen LogP contribution is -2.19. The van der Waals surface area contributed by atoms with Crippen LogP contribution in [0.1, 0.15) is 30.1 Å². The molecule has 0 radical (unpaired) electrons. The summed E-state index contributed by atoms with van der Waals surface area (Å²) in [7, 11) is 0. The third kappa shape index (κ3) is 2.81. The zero-order valence-corrected chi connectivity index (χ0v) is 9.57. The van der Waals surface area contributed by atoms with Crippen LogP contribution in [0.25, 0.3) is 0 Å². The SMILES string of the molecule is NC(C1=CCCCO1)c1ccc(C(F)(F)F)cn1. The molecule has 0 aromatic carbocycles. The number of hydrogen-bond acceptors (Lipinski definition) is 3. The molecule has 1 aromatic heterocycles. The molecule has 0 bridgehead atoms. The standard InChI is InChI=1S/C12H13F3N2O/c13-12(14,15)8-4-5-9(17-7-8)11(16)10-3-1-2-6-18-10/h3-5,7,11H,1-2,6,16H2. The number of hydrogen-bond donors (Lipinski definition) is 1. The molecule has 1 unspecified atom stereocenters. The molecular weight excluding hydrogens is 245 g/mol. The van der Waals surface area contributed by atoms with E-state index in [1.54, 1.807) is 0 Å². The van der Waals surface area contributed by atoms with Gasteiger partial charge in [0.05, 0.1) is 17.9 Å². The smallest absolute Gasteiger partial charge is 0.417 e. The number of pyridine rings is 1. The molecule has 1 aliphatic rings. The largest absolute Gasteiger partial charge is 0.496 e. The molecule has 0 fully saturated rings. The van der Waals surface area contributed by atoms with Gasteiger partial charge in [-0.05, 0) is 31.1 Å². The summed E-state index contributed by atoms with van der Waals surface area (Å²) in [4.78, 5) is 3.75. The van der Waals surface area contributed by atoms with Crippen LogP contribution < -0.4 is 5.73 Å². The van der Waals surface area contributed by atoms with Gasteiger partial charge in [0, 0.05) is 6.20 Å². The fourth-order valence-corrected chi connectivity index (χ4v) is 1.70. The Kier molecular flexibility index (Phi) is 3.56. The molecule has 1 atom stereocenters. The zero-order valence-electron chi connectivity index (χ0n) is 9.57. The Bertz CT molecular complexity index is 440. The highest BCUT2D eigenvalue weighted by Gasteiger charge is 2.31. The second-order valence-corrected chi connectivity index (χ2v) is 4.04. The number of aromatic nitrogens is 1. The topological polar surface area (TPSA) is 48.1 Å². The van der Waals surface area contributed by atoms with Gasteiger partial charge in [-0.2, -0.15) is 13.2 Å². The van der Waals surface area contributed by atoms with Gasteiger partial charge in [-0.1, -0.05) is 0 Å². The van der Waals surface area contributed by atoms with Crippen LogP contribution in [0.5, 0.6) is 0 Å². The molecule has 2 rings (SSSR count). The minimum atomic E-state index is -4.38. The predicted molar refractivity (Wildman–Crippen MR) is 59.4 cm³/mol. The zero-order chi connectivity index (χ0) is 13.2. The van der Waals surface area contributed by atoms with Crippen molar-refractivity contribution in [2.75, 3.05) is 6.61 Å². The van der Waals surface area contributed by atoms with E-state index in [1.807, 2.05) is 6.08 Å². The molecule has 18 heavy (non-hydrogen) atoms. The summed E-state index contributed by atoms with van der Waals surface area (Å²) in [6.07, 6.45) is 0.0582. The van der Waals surface area contributed by atoms with Gasteiger partial charge >= 0.3 is 6.18 Å². The van der Waals surface area contributed by atoms with Gasteiger partial charge in [0.25, 0.3) is 0 Å². The molecule has 0 saturated heterocycles.